The van der Waals surface area contributed by atoms with Gasteiger partial charge in [0.1, 0.15) is 0 Å². The Morgan fingerprint density at radius 1 is 0.783 bits per heavy atom. The predicted molar refractivity (Wildman–Crippen MR) is 97.8 cm³/mol. The lowest BCUT2D eigenvalue weighted by Crippen LogP contribution is -2.18. The van der Waals surface area contributed by atoms with Gasteiger partial charge in [-0.1, -0.05) is 67.9 Å². The molecule has 2 aliphatic carbocycles. The first kappa shape index (κ1) is 15.0. The van der Waals surface area contributed by atoms with Crippen LogP contribution in [0.2, 0.25) is 0 Å². The van der Waals surface area contributed by atoms with E-state index in [1.807, 2.05) is 0 Å². The second-order valence-electron chi connectivity index (χ2n) is 7.80. The molecule has 4 rings (SSSR count). The average molecular weight is 304 g/mol. The van der Waals surface area contributed by atoms with Crippen molar-refractivity contribution in [3.8, 4) is 0 Å². The van der Waals surface area contributed by atoms with Crippen molar-refractivity contribution in [2.24, 2.45) is 11.8 Å². The lowest BCUT2D eigenvalue weighted by Gasteiger charge is -2.31. The van der Waals surface area contributed by atoms with Gasteiger partial charge in [0, 0.05) is 0 Å². The fourth-order valence-corrected chi connectivity index (χ4v) is 5.19. The van der Waals surface area contributed by atoms with Crippen LogP contribution in [0, 0.1) is 11.8 Å². The van der Waals surface area contributed by atoms with Gasteiger partial charge in [-0.15, -0.1) is 0 Å². The Morgan fingerprint density at radius 3 is 2.43 bits per heavy atom. The van der Waals surface area contributed by atoms with Gasteiger partial charge >= 0.3 is 0 Å². The molecule has 0 heterocycles. The number of rotatable bonds is 1. The lowest BCUT2D eigenvalue weighted by molar-refractivity contribution is 0.331. The van der Waals surface area contributed by atoms with Gasteiger partial charge in [-0.05, 0) is 72.5 Å². The number of aryl methyl sites for hydroxylation is 1. The molecule has 4 atom stereocenters. The van der Waals surface area contributed by atoms with Crippen molar-refractivity contribution >= 4 is 0 Å². The van der Waals surface area contributed by atoms with E-state index >= 15 is 0 Å². The Bertz CT molecular complexity index is 642. The molecule has 0 nitrogen and oxygen atoms in total. The van der Waals surface area contributed by atoms with Crippen LogP contribution in [0.25, 0.3) is 0 Å². The molecule has 0 saturated heterocycles. The van der Waals surface area contributed by atoms with Crippen LogP contribution >= 0.6 is 0 Å². The minimum Gasteiger partial charge on any atom is -0.0625 e. The molecule has 0 aliphatic heterocycles. The summed E-state index contributed by atoms with van der Waals surface area (Å²) in [6, 6.07) is 20.7. The van der Waals surface area contributed by atoms with Gasteiger partial charge in [0.2, 0.25) is 0 Å². The molecule has 0 N–H and O–H groups in total. The Hall–Kier alpha value is -1.56. The topological polar surface area (TPSA) is 0 Å². The van der Waals surface area contributed by atoms with Crippen LogP contribution < -0.4 is 0 Å². The van der Waals surface area contributed by atoms with Crippen molar-refractivity contribution in [2.45, 2.75) is 57.3 Å². The third-order valence-electron chi connectivity index (χ3n) is 6.33. The zero-order valence-corrected chi connectivity index (χ0v) is 14.2. The van der Waals surface area contributed by atoms with Crippen LogP contribution in [0.4, 0.5) is 0 Å². The highest BCUT2D eigenvalue weighted by Gasteiger charge is 2.37. The van der Waals surface area contributed by atoms with E-state index in [2.05, 4.69) is 61.5 Å². The maximum Gasteiger partial charge on any atom is -0.0125 e. The Balaban J connectivity index is 1.77. The van der Waals surface area contributed by atoms with E-state index < -0.39 is 0 Å². The zero-order valence-electron chi connectivity index (χ0n) is 14.2. The Kier molecular flexibility index (Phi) is 4.25. The average Bonchev–Trinajstić information content (AvgIpc) is 3.08. The van der Waals surface area contributed by atoms with Crippen LogP contribution in [-0.2, 0) is 6.42 Å². The van der Waals surface area contributed by atoms with Gasteiger partial charge in [0.15, 0.2) is 0 Å². The van der Waals surface area contributed by atoms with E-state index in [9.17, 15) is 0 Å². The van der Waals surface area contributed by atoms with Crippen molar-refractivity contribution in [1.82, 2.24) is 0 Å². The number of benzene rings is 2. The van der Waals surface area contributed by atoms with Crippen LogP contribution in [0.15, 0.2) is 54.6 Å². The normalized spacial score (nSPS) is 30.7. The molecular formula is C23H28. The Morgan fingerprint density at radius 2 is 1.57 bits per heavy atom. The van der Waals surface area contributed by atoms with E-state index in [-0.39, 0.29) is 0 Å². The van der Waals surface area contributed by atoms with E-state index in [0.717, 1.165) is 23.7 Å². The third kappa shape index (κ3) is 2.96. The van der Waals surface area contributed by atoms with Crippen molar-refractivity contribution in [3.05, 3.63) is 71.3 Å². The highest BCUT2D eigenvalue weighted by Crippen LogP contribution is 2.50. The van der Waals surface area contributed by atoms with Crippen LogP contribution in [-0.4, -0.2) is 0 Å². The minimum atomic E-state index is 0.741. The van der Waals surface area contributed by atoms with Crippen LogP contribution in [0.1, 0.15) is 67.6 Å². The summed E-state index contributed by atoms with van der Waals surface area (Å²) in [6.07, 6.45) is 8.16. The smallest absolute Gasteiger partial charge is 0.0125 e. The van der Waals surface area contributed by atoms with Gasteiger partial charge in [0.25, 0.3) is 0 Å². The first-order valence-electron chi connectivity index (χ1n) is 9.45. The third-order valence-corrected chi connectivity index (χ3v) is 6.33. The fourth-order valence-electron chi connectivity index (χ4n) is 5.19. The molecule has 2 aromatic rings. The summed E-state index contributed by atoms with van der Waals surface area (Å²) in [6.45, 7) is 2.47. The summed E-state index contributed by atoms with van der Waals surface area (Å²) in [7, 11) is 0. The molecule has 0 spiro atoms. The molecule has 0 aromatic heterocycles. The monoisotopic (exact) mass is 304 g/mol. The molecular weight excluding hydrogens is 276 g/mol. The summed E-state index contributed by atoms with van der Waals surface area (Å²) in [5.41, 5.74) is 4.88. The van der Waals surface area contributed by atoms with Gasteiger partial charge in [0.05, 0.1) is 0 Å². The second kappa shape index (κ2) is 6.51. The van der Waals surface area contributed by atoms with Crippen molar-refractivity contribution in [3.63, 3.8) is 0 Å². The lowest BCUT2D eigenvalue weighted by atomic mass is 9.74. The molecule has 2 aliphatic rings. The quantitative estimate of drug-likeness (QED) is 0.577. The Labute approximate surface area is 140 Å². The van der Waals surface area contributed by atoms with E-state index in [1.165, 1.54) is 38.5 Å². The molecule has 0 radical (unpaired) electrons. The summed E-state index contributed by atoms with van der Waals surface area (Å²) in [5, 5.41) is 0. The van der Waals surface area contributed by atoms with E-state index in [1.54, 1.807) is 16.7 Å². The van der Waals surface area contributed by atoms with Gasteiger partial charge in [-0.3, -0.25) is 0 Å². The van der Waals surface area contributed by atoms with Crippen molar-refractivity contribution in [2.75, 3.05) is 0 Å². The molecule has 0 bridgehead atoms. The number of hydrogen-bond acceptors (Lipinski definition) is 0. The molecule has 1 fully saturated rings. The highest BCUT2D eigenvalue weighted by atomic mass is 14.4. The number of hydrogen-bond donors (Lipinski definition) is 0. The molecule has 4 unspecified atom stereocenters. The molecule has 0 heteroatoms. The van der Waals surface area contributed by atoms with Crippen molar-refractivity contribution < 1.29 is 0 Å². The van der Waals surface area contributed by atoms with Crippen LogP contribution in [0.5, 0.6) is 0 Å². The van der Waals surface area contributed by atoms with E-state index in [0.29, 0.717) is 0 Å². The van der Waals surface area contributed by atoms with E-state index in [4.69, 9.17) is 0 Å². The van der Waals surface area contributed by atoms with Crippen LogP contribution in [0.3, 0.4) is 0 Å². The molecule has 1 saturated carbocycles. The molecule has 0 amide bonds. The van der Waals surface area contributed by atoms with Crippen molar-refractivity contribution in [1.29, 1.82) is 0 Å². The number of fused-ring (bicyclic) bond motifs is 3. The summed E-state index contributed by atoms with van der Waals surface area (Å²) in [4.78, 5) is 0. The predicted octanol–water partition coefficient (Wildman–Crippen LogP) is 6.33. The maximum absolute atomic E-state index is 2.47. The standard InChI is InChI=1S/C23H28/c1-17-14-15-19-10-5-6-11-20(19)21-12-7-13-22(21)23(16-17)18-8-3-2-4-9-18/h2-6,8-11,17,21-23H,7,12-16H2,1H3. The molecule has 2 aromatic carbocycles. The highest BCUT2D eigenvalue weighted by molar-refractivity contribution is 5.34. The molecule has 23 heavy (non-hydrogen) atoms. The molecule has 120 valence electrons. The first-order chi connectivity index (χ1) is 11.3. The SMILES string of the molecule is CC1CCc2ccccc2C2CCCC2C(c2ccccc2)C1. The van der Waals surface area contributed by atoms with Gasteiger partial charge in [-0.2, -0.15) is 0 Å². The van der Waals surface area contributed by atoms with Gasteiger partial charge < -0.3 is 0 Å². The van der Waals surface area contributed by atoms with Gasteiger partial charge in [-0.25, -0.2) is 0 Å². The summed E-state index contributed by atoms with van der Waals surface area (Å²) < 4.78 is 0. The summed E-state index contributed by atoms with van der Waals surface area (Å²) in [5.74, 6) is 3.17. The zero-order chi connectivity index (χ0) is 15.6. The first-order valence-corrected chi connectivity index (χ1v) is 9.45. The maximum atomic E-state index is 2.47. The second-order valence-corrected chi connectivity index (χ2v) is 7.80. The largest absolute Gasteiger partial charge is 0.0625 e. The summed E-state index contributed by atoms with van der Waals surface area (Å²) >= 11 is 0. The minimum absolute atomic E-state index is 0.741. The fraction of sp³-hybridized carbons (Fsp3) is 0.478.